The van der Waals surface area contributed by atoms with Crippen molar-refractivity contribution < 1.29 is 46.7 Å². The van der Waals surface area contributed by atoms with E-state index in [4.69, 9.17) is 21.1 Å². The lowest BCUT2D eigenvalue weighted by atomic mass is 10.0. The molecule has 2 aromatic rings. The second-order valence-corrected chi connectivity index (χ2v) is 7.63. The van der Waals surface area contributed by atoms with Crippen LogP contribution < -0.4 is 9.47 Å². The molecule has 0 aliphatic heterocycles. The molecule has 0 aromatic heterocycles. The number of nitrogens with zero attached hydrogens (tertiary/aromatic N) is 3. The molecule has 37 heavy (non-hydrogen) atoms. The van der Waals surface area contributed by atoms with E-state index < -0.39 is 62.9 Å². The second-order valence-electron chi connectivity index (χ2n) is 7.22. The molecule has 2 unspecified atom stereocenters. The minimum Gasteiger partial charge on any atom is -0.476 e. The fourth-order valence-corrected chi connectivity index (χ4v) is 3.05. The number of carbonyl (C=O) groups is 3. The van der Waals surface area contributed by atoms with Gasteiger partial charge in [-0.3, -0.25) is 19.7 Å². The van der Waals surface area contributed by atoms with Crippen LogP contribution in [0.3, 0.4) is 0 Å². The number of amides is 2. The van der Waals surface area contributed by atoms with Crippen molar-refractivity contribution in [1.82, 2.24) is 4.90 Å². The van der Waals surface area contributed by atoms with Crippen LogP contribution in [0.5, 0.6) is 17.2 Å². The summed E-state index contributed by atoms with van der Waals surface area (Å²) in [6, 6.07) is 6.76. The minimum absolute atomic E-state index is 0.153. The molecule has 2 atom stereocenters. The molecule has 0 bridgehead atoms. The Kier molecular flexibility index (Phi) is 9.02. The van der Waals surface area contributed by atoms with E-state index in [0.717, 1.165) is 51.4 Å². The fourth-order valence-electron chi connectivity index (χ4n) is 2.83. The Morgan fingerprint density at radius 2 is 1.81 bits per heavy atom. The van der Waals surface area contributed by atoms with Gasteiger partial charge in [-0.1, -0.05) is 11.6 Å². The highest BCUT2D eigenvalue weighted by Crippen LogP contribution is 2.38. The van der Waals surface area contributed by atoms with Crippen molar-refractivity contribution in [2.75, 3.05) is 14.2 Å². The summed E-state index contributed by atoms with van der Waals surface area (Å²) in [5.41, 5.74) is -1.65. The van der Waals surface area contributed by atoms with Crippen LogP contribution in [0, 0.1) is 27.4 Å². The topological polar surface area (TPSA) is 149 Å². The van der Waals surface area contributed by atoms with Crippen LogP contribution in [0.25, 0.3) is 0 Å². The summed E-state index contributed by atoms with van der Waals surface area (Å²) in [6.45, 7) is 1.11. The van der Waals surface area contributed by atoms with Gasteiger partial charge < -0.3 is 14.2 Å². The van der Waals surface area contributed by atoms with E-state index in [-0.39, 0.29) is 11.5 Å². The molecule has 2 aromatic carbocycles. The van der Waals surface area contributed by atoms with Crippen LogP contribution >= 0.6 is 11.6 Å². The zero-order valence-corrected chi connectivity index (χ0v) is 20.0. The summed E-state index contributed by atoms with van der Waals surface area (Å²) in [5, 5.41) is 20.3. The number of hydrogen-bond donors (Lipinski definition) is 0. The number of nitro benzene ring substituents is 1. The zero-order chi connectivity index (χ0) is 28.1. The third kappa shape index (κ3) is 6.85. The number of nitriles is 1. The lowest BCUT2D eigenvalue weighted by Crippen LogP contribution is -2.43. The van der Waals surface area contributed by atoms with E-state index >= 15 is 0 Å². The quantitative estimate of drug-likeness (QED) is 0.261. The molecule has 0 saturated heterocycles. The maximum absolute atomic E-state index is 12.8. The molecule has 0 radical (unpaired) electrons. The average Bonchev–Trinajstić information content (AvgIpc) is 2.83. The van der Waals surface area contributed by atoms with Crippen LogP contribution in [-0.2, 0) is 20.5 Å². The van der Waals surface area contributed by atoms with Gasteiger partial charge in [0.05, 0.1) is 28.7 Å². The molecule has 0 aliphatic carbocycles. The van der Waals surface area contributed by atoms with Crippen molar-refractivity contribution >= 4 is 35.1 Å². The average molecular weight is 544 g/mol. The van der Waals surface area contributed by atoms with Crippen LogP contribution in [-0.4, -0.2) is 47.9 Å². The van der Waals surface area contributed by atoms with Crippen molar-refractivity contribution in [3.05, 3.63) is 57.1 Å². The Labute approximate surface area is 212 Å². The van der Waals surface area contributed by atoms with Gasteiger partial charge in [-0.05, 0) is 31.2 Å². The molecule has 11 nitrogen and oxygen atoms in total. The van der Waals surface area contributed by atoms with Gasteiger partial charge >= 0.3 is 18.0 Å². The third-order valence-electron chi connectivity index (χ3n) is 4.76. The third-order valence-corrected chi connectivity index (χ3v) is 5.05. The Morgan fingerprint density at radius 3 is 2.32 bits per heavy atom. The number of benzene rings is 2. The van der Waals surface area contributed by atoms with Gasteiger partial charge in [0, 0.05) is 19.2 Å². The van der Waals surface area contributed by atoms with Gasteiger partial charge in [0.1, 0.15) is 11.5 Å². The van der Waals surface area contributed by atoms with Gasteiger partial charge in [0.25, 0.3) is 5.91 Å². The number of carbonyl (C=O) groups excluding carboxylic acids is 3. The van der Waals surface area contributed by atoms with E-state index in [9.17, 15) is 42.9 Å². The molecule has 0 aliphatic rings. The summed E-state index contributed by atoms with van der Waals surface area (Å²) < 4.78 is 53.7. The van der Waals surface area contributed by atoms with Crippen LogP contribution in [0.1, 0.15) is 12.5 Å². The van der Waals surface area contributed by atoms with Gasteiger partial charge in [-0.15, -0.1) is 0 Å². The Morgan fingerprint density at radius 1 is 1.16 bits per heavy atom. The van der Waals surface area contributed by atoms with Crippen molar-refractivity contribution in [3.63, 3.8) is 0 Å². The van der Waals surface area contributed by atoms with Crippen molar-refractivity contribution in [2.45, 2.75) is 19.2 Å². The molecular weight excluding hydrogens is 527 g/mol. The molecule has 0 saturated carbocycles. The van der Waals surface area contributed by atoms with E-state index in [1.165, 1.54) is 6.07 Å². The highest BCUT2D eigenvalue weighted by atomic mass is 35.5. The summed E-state index contributed by atoms with van der Waals surface area (Å²) in [5.74, 6) is -5.20. The van der Waals surface area contributed by atoms with E-state index in [2.05, 4.69) is 4.74 Å². The highest BCUT2D eigenvalue weighted by Gasteiger charge is 2.36. The number of ketones is 1. The fraction of sp³-hybridized carbons (Fsp3) is 0.273. The lowest BCUT2D eigenvalue weighted by molar-refractivity contribution is -0.386. The first-order valence-corrected chi connectivity index (χ1v) is 10.4. The van der Waals surface area contributed by atoms with Gasteiger partial charge in [-0.2, -0.15) is 18.4 Å². The number of Topliss-reactive ketones (excluding diaryl/α,β-unsaturated/α-hetero) is 1. The number of ether oxygens (including phenoxy) is 3. The summed E-state index contributed by atoms with van der Waals surface area (Å²) >= 11 is 5.86. The molecule has 2 rings (SSSR count). The standard InChI is InChI=1S/C22H17ClF3N3O8/c1-11(19(30)14(10-27)20(31)28(2)21(32)35-3)36-18-9-13(5-6-16(18)29(33)34)37-17-7-4-12(8-15(17)23)22(24,25)26/h4-9,11,14H,1-3H3. The monoisotopic (exact) mass is 543 g/mol. The smallest absolute Gasteiger partial charge is 0.416 e. The number of methoxy groups -OCH3 is 1. The van der Waals surface area contributed by atoms with Gasteiger partial charge in [0.2, 0.25) is 5.75 Å². The van der Waals surface area contributed by atoms with Crippen LogP contribution in [0.4, 0.5) is 23.7 Å². The molecule has 0 N–H and O–H groups in total. The molecule has 196 valence electrons. The maximum Gasteiger partial charge on any atom is 0.416 e. The summed E-state index contributed by atoms with van der Waals surface area (Å²) in [7, 11) is 1.96. The van der Waals surface area contributed by atoms with Crippen molar-refractivity contribution in [3.8, 4) is 23.3 Å². The Bertz CT molecular complexity index is 1280. The number of alkyl halides is 3. The Balaban J connectivity index is 2.32. The lowest BCUT2D eigenvalue weighted by Gasteiger charge is -2.20. The molecule has 0 heterocycles. The minimum atomic E-state index is -4.65. The van der Waals surface area contributed by atoms with E-state index in [0.29, 0.717) is 11.0 Å². The summed E-state index contributed by atoms with van der Waals surface area (Å²) in [4.78, 5) is 47.6. The number of nitro groups is 1. The number of hydrogen-bond acceptors (Lipinski definition) is 9. The first kappa shape index (κ1) is 28.9. The van der Waals surface area contributed by atoms with Crippen molar-refractivity contribution in [2.24, 2.45) is 5.92 Å². The van der Waals surface area contributed by atoms with Gasteiger partial charge in [-0.25, -0.2) is 9.69 Å². The van der Waals surface area contributed by atoms with E-state index in [1.807, 2.05) is 0 Å². The molecule has 2 amide bonds. The predicted octanol–water partition coefficient (Wildman–Crippen LogP) is 4.76. The first-order valence-electron chi connectivity index (χ1n) is 9.99. The summed E-state index contributed by atoms with van der Waals surface area (Å²) in [6.07, 6.45) is -7.37. The number of halogens is 4. The second kappa shape index (κ2) is 11.6. The molecule has 0 fully saturated rings. The Hall–Kier alpha value is -4.38. The normalized spacial score (nSPS) is 12.5. The van der Waals surface area contributed by atoms with Gasteiger partial charge in [0.15, 0.2) is 17.8 Å². The van der Waals surface area contributed by atoms with Crippen LogP contribution in [0.15, 0.2) is 36.4 Å². The number of rotatable bonds is 8. The molecular formula is C22H17ClF3N3O8. The molecule has 15 heteroatoms. The first-order chi connectivity index (χ1) is 17.2. The SMILES string of the molecule is COC(=O)N(C)C(=O)C(C#N)C(=O)C(C)Oc1cc(Oc2ccc(C(F)(F)F)cc2Cl)ccc1[N+](=O)[O-]. The van der Waals surface area contributed by atoms with Crippen LogP contribution in [0.2, 0.25) is 5.02 Å². The zero-order valence-electron chi connectivity index (χ0n) is 19.2. The predicted molar refractivity (Wildman–Crippen MR) is 119 cm³/mol. The maximum atomic E-state index is 12.8. The van der Waals surface area contributed by atoms with E-state index in [1.54, 1.807) is 0 Å². The highest BCUT2D eigenvalue weighted by molar-refractivity contribution is 6.32. The molecule has 0 spiro atoms. The number of imide groups is 1. The largest absolute Gasteiger partial charge is 0.476 e. The van der Waals surface area contributed by atoms with Crippen molar-refractivity contribution in [1.29, 1.82) is 5.26 Å².